The van der Waals surface area contributed by atoms with E-state index in [0.717, 1.165) is 0 Å². The van der Waals surface area contributed by atoms with Gasteiger partial charge >= 0.3 is 0 Å². The molecular formula is C13H23NO2. The number of allylic oxidation sites excluding steroid dienone is 2. The minimum absolute atomic E-state index is 0.000975. The van der Waals surface area contributed by atoms with Crippen molar-refractivity contribution in [3.8, 4) is 0 Å². The molecule has 0 spiro atoms. The van der Waals surface area contributed by atoms with Gasteiger partial charge in [0.2, 0.25) is 5.90 Å². The van der Waals surface area contributed by atoms with Crippen molar-refractivity contribution in [2.24, 2.45) is 0 Å². The SMILES string of the molecule is C=C(C(=N)OCC)/C(C)=C(O)\C=C/C.CC. The summed E-state index contributed by atoms with van der Waals surface area (Å²) in [6.45, 7) is 13.4. The molecule has 0 radical (unpaired) electrons. The van der Waals surface area contributed by atoms with E-state index in [2.05, 4.69) is 6.58 Å². The van der Waals surface area contributed by atoms with Crippen LogP contribution in [0.1, 0.15) is 34.6 Å². The summed E-state index contributed by atoms with van der Waals surface area (Å²) in [6, 6.07) is 0. The van der Waals surface area contributed by atoms with Gasteiger partial charge in [-0.05, 0) is 26.8 Å². The van der Waals surface area contributed by atoms with Gasteiger partial charge in [-0.3, -0.25) is 5.41 Å². The average Bonchev–Trinajstić information content (AvgIpc) is 2.30. The zero-order valence-electron chi connectivity index (χ0n) is 10.9. The maximum absolute atomic E-state index is 9.48. The standard InChI is InChI=1S/C11H17NO2.C2H6/c1-5-7-10(13)8(3)9(4)11(12)14-6-2;1-2/h5,7,12-13H,4,6H2,1-3H3;1-2H3/b7-5-,10-8+,12-11?;. The molecule has 0 saturated heterocycles. The van der Waals surface area contributed by atoms with Crippen LogP contribution in [0.2, 0.25) is 0 Å². The second kappa shape index (κ2) is 10.0. The van der Waals surface area contributed by atoms with Crippen LogP contribution < -0.4 is 0 Å². The number of aliphatic hydroxyl groups excluding tert-OH is 1. The highest BCUT2D eigenvalue weighted by molar-refractivity contribution is 5.94. The number of hydrogen-bond donors (Lipinski definition) is 2. The fourth-order valence-electron chi connectivity index (χ4n) is 0.839. The van der Waals surface area contributed by atoms with Crippen molar-refractivity contribution in [1.82, 2.24) is 0 Å². The molecule has 0 fully saturated rings. The van der Waals surface area contributed by atoms with Crippen LogP contribution in [-0.4, -0.2) is 17.6 Å². The quantitative estimate of drug-likeness (QED) is 0.329. The van der Waals surface area contributed by atoms with Crippen LogP contribution >= 0.6 is 0 Å². The highest BCUT2D eigenvalue weighted by atomic mass is 16.5. The van der Waals surface area contributed by atoms with E-state index in [9.17, 15) is 5.11 Å². The minimum Gasteiger partial charge on any atom is -0.508 e. The molecule has 0 aromatic rings. The van der Waals surface area contributed by atoms with Crippen LogP contribution in [0.4, 0.5) is 0 Å². The van der Waals surface area contributed by atoms with Gasteiger partial charge in [0.1, 0.15) is 5.76 Å². The lowest BCUT2D eigenvalue weighted by Crippen LogP contribution is -2.07. The van der Waals surface area contributed by atoms with E-state index in [-0.39, 0.29) is 11.7 Å². The highest BCUT2D eigenvalue weighted by Crippen LogP contribution is 2.13. The van der Waals surface area contributed by atoms with Gasteiger partial charge in [-0.25, -0.2) is 0 Å². The summed E-state index contributed by atoms with van der Waals surface area (Å²) in [5.74, 6) is 0.114. The summed E-state index contributed by atoms with van der Waals surface area (Å²) in [5.41, 5.74) is 0.962. The lowest BCUT2D eigenvalue weighted by atomic mass is 10.1. The molecule has 0 aliphatic heterocycles. The van der Waals surface area contributed by atoms with Crippen molar-refractivity contribution in [2.45, 2.75) is 34.6 Å². The predicted molar refractivity (Wildman–Crippen MR) is 70.0 cm³/mol. The first kappa shape index (κ1) is 16.9. The normalized spacial score (nSPS) is 11.3. The molecule has 0 aromatic carbocycles. The van der Waals surface area contributed by atoms with E-state index in [1.807, 2.05) is 13.8 Å². The lowest BCUT2D eigenvalue weighted by molar-refractivity contribution is 0.325. The summed E-state index contributed by atoms with van der Waals surface area (Å²) in [4.78, 5) is 0. The van der Waals surface area contributed by atoms with Crippen molar-refractivity contribution < 1.29 is 9.84 Å². The molecule has 92 valence electrons. The van der Waals surface area contributed by atoms with Crippen LogP contribution in [-0.2, 0) is 4.74 Å². The molecule has 0 unspecified atom stereocenters. The maximum Gasteiger partial charge on any atom is 0.212 e. The molecule has 16 heavy (non-hydrogen) atoms. The van der Waals surface area contributed by atoms with Crippen molar-refractivity contribution in [1.29, 1.82) is 5.41 Å². The Morgan fingerprint density at radius 1 is 1.44 bits per heavy atom. The van der Waals surface area contributed by atoms with Gasteiger partial charge in [0.15, 0.2) is 0 Å². The summed E-state index contributed by atoms with van der Waals surface area (Å²) >= 11 is 0. The summed E-state index contributed by atoms with van der Waals surface area (Å²) in [7, 11) is 0. The smallest absolute Gasteiger partial charge is 0.212 e. The average molecular weight is 225 g/mol. The molecule has 0 aliphatic carbocycles. The van der Waals surface area contributed by atoms with E-state index in [4.69, 9.17) is 10.1 Å². The van der Waals surface area contributed by atoms with Crippen molar-refractivity contribution in [3.05, 3.63) is 35.6 Å². The minimum atomic E-state index is 0.000975. The first-order valence-electron chi connectivity index (χ1n) is 5.48. The Morgan fingerprint density at radius 2 is 1.94 bits per heavy atom. The third-order valence-electron chi connectivity index (χ3n) is 1.72. The number of aliphatic hydroxyl groups is 1. The second-order valence-electron chi connectivity index (χ2n) is 2.75. The molecule has 0 aliphatic rings. The molecule has 0 rings (SSSR count). The van der Waals surface area contributed by atoms with Gasteiger partial charge < -0.3 is 9.84 Å². The van der Waals surface area contributed by atoms with Crippen LogP contribution in [0.3, 0.4) is 0 Å². The lowest BCUT2D eigenvalue weighted by Gasteiger charge is -2.09. The van der Waals surface area contributed by atoms with Gasteiger partial charge in [0.05, 0.1) is 6.61 Å². The van der Waals surface area contributed by atoms with E-state index in [1.165, 1.54) is 0 Å². The third kappa shape index (κ3) is 6.06. The zero-order chi connectivity index (χ0) is 13.1. The van der Waals surface area contributed by atoms with Gasteiger partial charge in [-0.1, -0.05) is 26.5 Å². The van der Waals surface area contributed by atoms with Gasteiger partial charge in [-0.2, -0.15) is 0 Å². The number of ether oxygens (including phenoxy) is 1. The monoisotopic (exact) mass is 225 g/mol. The first-order valence-corrected chi connectivity index (χ1v) is 5.48. The molecule has 0 aromatic heterocycles. The third-order valence-corrected chi connectivity index (χ3v) is 1.72. The largest absolute Gasteiger partial charge is 0.508 e. The molecule has 3 nitrogen and oxygen atoms in total. The summed E-state index contributed by atoms with van der Waals surface area (Å²) in [6.07, 6.45) is 3.27. The topological polar surface area (TPSA) is 53.3 Å². The maximum atomic E-state index is 9.48. The molecule has 0 amide bonds. The van der Waals surface area contributed by atoms with Crippen LogP contribution in [0.25, 0.3) is 0 Å². The fraction of sp³-hybridized carbons (Fsp3) is 0.462. The van der Waals surface area contributed by atoms with Crippen molar-refractivity contribution >= 4 is 5.90 Å². The Morgan fingerprint density at radius 3 is 2.31 bits per heavy atom. The van der Waals surface area contributed by atoms with E-state index < -0.39 is 0 Å². The van der Waals surface area contributed by atoms with Gasteiger partial charge in [0, 0.05) is 11.1 Å². The molecule has 0 bridgehead atoms. The van der Waals surface area contributed by atoms with Crippen LogP contribution in [0.15, 0.2) is 35.6 Å². The van der Waals surface area contributed by atoms with Crippen LogP contribution in [0, 0.1) is 5.41 Å². The molecule has 0 atom stereocenters. The first-order chi connectivity index (χ1) is 7.54. The van der Waals surface area contributed by atoms with Crippen molar-refractivity contribution in [3.63, 3.8) is 0 Å². The predicted octanol–water partition coefficient (Wildman–Crippen LogP) is 3.99. The Balaban J connectivity index is 0. The second-order valence-corrected chi connectivity index (χ2v) is 2.75. The fourth-order valence-corrected chi connectivity index (χ4v) is 0.839. The van der Waals surface area contributed by atoms with E-state index >= 15 is 0 Å². The number of hydrogen-bond acceptors (Lipinski definition) is 3. The molecule has 0 saturated carbocycles. The molecule has 3 heteroatoms. The summed E-state index contributed by atoms with van der Waals surface area (Å²) in [5, 5.41) is 16.9. The van der Waals surface area contributed by atoms with E-state index in [0.29, 0.717) is 17.8 Å². The van der Waals surface area contributed by atoms with E-state index in [1.54, 1.807) is 32.9 Å². The number of nitrogens with one attached hydrogen (secondary N) is 1. The van der Waals surface area contributed by atoms with Gasteiger partial charge in [0.25, 0.3) is 0 Å². The zero-order valence-corrected chi connectivity index (χ0v) is 10.9. The molecular weight excluding hydrogens is 202 g/mol. The van der Waals surface area contributed by atoms with Crippen LogP contribution in [0.5, 0.6) is 0 Å². The molecule has 2 N–H and O–H groups in total. The molecule has 0 heterocycles. The Bertz CT molecular complexity index is 288. The summed E-state index contributed by atoms with van der Waals surface area (Å²) < 4.78 is 4.97. The van der Waals surface area contributed by atoms with Crippen molar-refractivity contribution in [2.75, 3.05) is 6.61 Å². The Hall–Kier alpha value is -1.51. The highest BCUT2D eigenvalue weighted by Gasteiger charge is 2.08. The number of rotatable bonds is 4. The Kier molecular flexibility index (Phi) is 10.6. The Labute approximate surface area is 98.6 Å². The van der Waals surface area contributed by atoms with Gasteiger partial charge in [-0.15, -0.1) is 0 Å².